The molecule has 0 aliphatic rings. The SMILES string of the molecule is CCCCCOC(=O)c1cc([N+](=O)[O-])cc([N+](=O)[O-])c1. The van der Waals surface area contributed by atoms with Gasteiger partial charge in [-0.3, -0.25) is 20.2 Å². The Kier molecular flexibility index (Phi) is 5.57. The van der Waals surface area contributed by atoms with E-state index in [1.807, 2.05) is 6.92 Å². The van der Waals surface area contributed by atoms with E-state index < -0.39 is 27.2 Å². The molecule has 0 N–H and O–H groups in total. The molecule has 8 heteroatoms. The molecule has 1 aromatic rings. The van der Waals surface area contributed by atoms with Crippen LogP contribution in [0.5, 0.6) is 0 Å². The van der Waals surface area contributed by atoms with Gasteiger partial charge >= 0.3 is 5.97 Å². The molecule has 1 aromatic carbocycles. The maximum atomic E-state index is 11.7. The highest BCUT2D eigenvalue weighted by Crippen LogP contribution is 2.23. The second kappa shape index (κ2) is 7.17. The summed E-state index contributed by atoms with van der Waals surface area (Å²) >= 11 is 0. The van der Waals surface area contributed by atoms with E-state index in [0.29, 0.717) is 6.42 Å². The van der Waals surface area contributed by atoms with E-state index in [9.17, 15) is 25.0 Å². The molecule has 1 rings (SSSR count). The van der Waals surface area contributed by atoms with Crippen molar-refractivity contribution in [3.63, 3.8) is 0 Å². The van der Waals surface area contributed by atoms with Crippen molar-refractivity contribution in [3.05, 3.63) is 44.0 Å². The van der Waals surface area contributed by atoms with Crippen LogP contribution in [-0.2, 0) is 4.74 Å². The summed E-state index contributed by atoms with van der Waals surface area (Å²) in [6, 6.07) is 2.73. The van der Waals surface area contributed by atoms with Gasteiger partial charge in [-0.25, -0.2) is 4.79 Å². The fourth-order valence-corrected chi connectivity index (χ4v) is 1.52. The maximum absolute atomic E-state index is 11.7. The summed E-state index contributed by atoms with van der Waals surface area (Å²) in [7, 11) is 0. The summed E-state index contributed by atoms with van der Waals surface area (Å²) in [5.41, 5.74) is -1.22. The lowest BCUT2D eigenvalue weighted by atomic mass is 10.2. The molecule has 0 aliphatic heterocycles. The van der Waals surface area contributed by atoms with Crippen LogP contribution in [0.1, 0.15) is 36.5 Å². The molecular weight excluding hydrogens is 268 g/mol. The molecule has 0 saturated heterocycles. The molecule has 0 spiro atoms. The Bertz CT molecular complexity index is 496. The minimum Gasteiger partial charge on any atom is -0.462 e. The molecule has 0 atom stereocenters. The van der Waals surface area contributed by atoms with Crippen molar-refractivity contribution in [1.29, 1.82) is 0 Å². The summed E-state index contributed by atoms with van der Waals surface area (Å²) in [6.07, 6.45) is 2.53. The minimum absolute atomic E-state index is 0.184. The number of hydrogen-bond acceptors (Lipinski definition) is 6. The monoisotopic (exact) mass is 282 g/mol. The molecule has 8 nitrogen and oxygen atoms in total. The van der Waals surface area contributed by atoms with Crippen LogP contribution >= 0.6 is 0 Å². The Morgan fingerprint density at radius 1 is 1.10 bits per heavy atom. The van der Waals surface area contributed by atoms with Crippen molar-refractivity contribution in [2.75, 3.05) is 6.61 Å². The summed E-state index contributed by atoms with van der Waals surface area (Å²) < 4.78 is 4.92. The number of carbonyl (C=O) groups excluding carboxylic acids is 1. The minimum atomic E-state index is -0.798. The Morgan fingerprint density at radius 3 is 2.10 bits per heavy atom. The van der Waals surface area contributed by atoms with Gasteiger partial charge in [0.2, 0.25) is 0 Å². The lowest BCUT2D eigenvalue weighted by Crippen LogP contribution is -2.07. The molecule has 0 bridgehead atoms. The number of esters is 1. The smallest absolute Gasteiger partial charge is 0.338 e. The zero-order valence-electron chi connectivity index (χ0n) is 10.9. The molecule has 0 radical (unpaired) electrons. The number of unbranched alkanes of at least 4 members (excludes halogenated alkanes) is 2. The van der Waals surface area contributed by atoms with E-state index in [4.69, 9.17) is 4.74 Å². The topological polar surface area (TPSA) is 113 Å². The van der Waals surface area contributed by atoms with E-state index >= 15 is 0 Å². The first kappa shape index (κ1) is 15.5. The van der Waals surface area contributed by atoms with E-state index in [0.717, 1.165) is 31.0 Å². The summed E-state index contributed by atoms with van der Waals surface area (Å²) in [4.78, 5) is 31.5. The second-order valence-corrected chi connectivity index (χ2v) is 4.10. The number of hydrogen-bond donors (Lipinski definition) is 0. The predicted molar refractivity (Wildman–Crippen MR) is 69.6 cm³/mol. The van der Waals surface area contributed by atoms with Gasteiger partial charge in [0.05, 0.1) is 28.1 Å². The molecule has 0 saturated carbocycles. The lowest BCUT2D eigenvalue weighted by Gasteiger charge is -2.04. The number of non-ortho nitro benzene ring substituents is 2. The molecule has 0 fully saturated rings. The van der Waals surface area contributed by atoms with E-state index in [2.05, 4.69) is 0 Å². The van der Waals surface area contributed by atoms with Gasteiger partial charge in [-0.1, -0.05) is 19.8 Å². The number of nitro benzene ring substituents is 2. The van der Waals surface area contributed by atoms with Crippen molar-refractivity contribution in [3.8, 4) is 0 Å². The van der Waals surface area contributed by atoms with E-state index in [1.54, 1.807) is 0 Å². The number of carbonyl (C=O) groups is 1. The molecule has 0 aromatic heterocycles. The summed E-state index contributed by atoms with van der Waals surface area (Å²) in [5.74, 6) is -0.798. The summed E-state index contributed by atoms with van der Waals surface area (Å²) in [5, 5.41) is 21.4. The van der Waals surface area contributed by atoms with Crippen LogP contribution in [0.3, 0.4) is 0 Å². The van der Waals surface area contributed by atoms with Crippen molar-refractivity contribution < 1.29 is 19.4 Å². The molecule has 0 unspecified atom stereocenters. The summed E-state index contributed by atoms with van der Waals surface area (Å²) in [6.45, 7) is 2.18. The van der Waals surface area contributed by atoms with Gasteiger partial charge in [0.15, 0.2) is 0 Å². The molecule has 20 heavy (non-hydrogen) atoms. The average molecular weight is 282 g/mol. The number of ether oxygens (including phenoxy) is 1. The number of nitro groups is 2. The Hall–Kier alpha value is -2.51. The van der Waals surface area contributed by atoms with Crippen molar-refractivity contribution in [2.45, 2.75) is 26.2 Å². The van der Waals surface area contributed by atoms with Gasteiger partial charge in [-0.2, -0.15) is 0 Å². The first-order chi connectivity index (χ1) is 9.45. The van der Waals surface area contributed by atoms with Gasteiger partial charge in [0.1, 0.15) is 0 Å². The largest absolute Gasteiger partial charge is 0.462 e. The third-order valence-electron chi connectivity index (χ3n) is 2.54. The fourth-order valence-electron chi connectivity index (χ4n) is 1.52. The van der Waals surface area contributed by atoms with Gasteiger partial charge in [0, 0.05) is 12.1 Å². The Labute approximate surface area is 114 Å². The van der Waals surface area contributed by atoms with Crippen LogP contribution in [0, 0.1) is 20.2 Å². The van der Waals surface area contributed by atoms with Gasteiger partial charge in [-0.05, 0) is 6.42 Å². The highest BCUT2D eigenvalue weighted by atomic mass is 16.6. The quantitative estimate of drug-likeness (QED) is 0.329. The second-order valence-electron chi connectivity index (χ2n) is 4.10. The molecule has 108 valence electrons. The molecule has 0 aliphatic carbocycles. The van der Waals surface area contributed by atoms with Crippen LogP contribution in [0.15, 0.2) is 18.2 Å². The molecular formula is C12H14N2O6. The van der Waals surface area contributed by atoms with Crippen molar-refractivity contribution in [2.24, 2.45) is 0 Å². The van der Waals surface area contributed by atoms with Gasteiger partial charge in [0.25, 0.3) is 11.4 Å². The molecule has 0 amide bonds. The zero-order valence-corrected chi connectivity index (χ0v) is 10.9. The lowest BCUT2D eigenvalue weighted by molar-refractivity contribution is -0.394. The number of benzene rings is 1. The molecule has 0 heterocycles. The van der Waals surface area contributed by atoms with Crippen LogP contribution in [0.2, 0.25) is 0 Å². The zero-order chi connectivity index (χ0) is 15.1. The number of rotatable bonds is 7. The average Bonchev–Trinajstić information content (AvgIpc) is 2.42. The Balaban J connectivity index is 2.90. The van der Waals surface area contributed by atoms with Gasteiger partial charge in [-0.15, -0.1) is 0 Å². The van der Waals surface area contributed by atoms with Crippen molar-refractivity contribution >= 4 is 17.3 Å². The highest BCUT2D eigenvalue weighted by molar-refractivity contribution is 5.91. The Morgan fingerprint density at radius 2 is 1.65 bits per heavy atom. The first-order valence-corrected chi connectivity index (χ1v) is 6.06. The van der Waals surface area contributed by atoms with Crippen LogP contribution in [0.25, 0.3) is 0 Å². The third-order valence-corrected chi connectivity index (χ3v) is 2.54. The van der Waals surface area contributed by atoms with Crippen molar-refractivity contribution in [1.82, 2.24) is 0 Å². The number of nitrogens with zero attached hydrogens (tertiary/aromatic N) is 2. The standard InChI is InChI=1S/C12H14N2O6/c1-2-3-4-5-20-12(15)9-6-10(13(16)17)8-11(7-9)14(18)19/h6-8H,2-5H2,1H3. The first-order valence-electron chi connectivity index (χ1n) is 6.06. The normalized spacial score (nSPS) is 10.1. The maximum Gasteiger partial charge on any atom is 0.338 e. The van der Waals surface area contributed by atoms with E-state index in [-0.39, 0.29) is 12.2 Å². The highest BCUT2D eigenvalue weighted by Gasteiger charge is 2.20. The van der Waals surface area contributed by atoms with Crippen LogP contribution in [-0.4, -0.2) is 22.4 Å². The van der Waals surface area contributed by atoms with Crippen LogP contribution in [0.4, 0.5) is 11.4 Å². The van der Waals surface area contributed by atoms with Gasteiger partial charge < -0.3 is 4.74 Å². The predicted octanol–water partition coefficient (Wildman–Crippen LogP) is 2.85. The van der Waals surface area contributed by atoms with Crippen LogP contribution < -0.4 is 0 Å². The van der Waals surface area contributed by atoms with E-state index in [1.165, 1.54) is 0 Å². The fraction of sp³-hybridized carbons (Fsp3) is 0.417. The third kappa shape index (κ3) is 4.30.